The van der Waals surface area contributed by atoms with E-state index < -0.39 is 0 Å². The summed E-state index contributed by atoms with van der Waals surface area (Å²) in [6, 6.07) is 9.79. The van der Waals surface area contributed by atoms with E-state index in [1.165, 1.54) is 0 Å². The summed E-state index contributed by atoms with van der Waals surface area (Å²) in [4.78, 5) is 13.1. The van der Waals surface area contributed by atoms with Crippen molar-refractivity contribution in [1.29, 1.82) is 0 Å². The van der Waals surface area contributed by atoms with Crippen molar-refractivity contribution in [3.05, 3.63) is 48.4 Å². The zero-order valence-corrected chi connectivity index (χ0v) is 12.6. The van der Waals surface area contributed by atoms with Crippen molar-refractivity contribution in [2.45, 2.75) is 25.9 Å². The third kappa shape index (κ3) is 2.78. The van der Waals surface area contributed by atoms with Gasteiger partial charge in [0.25, 0.3) is 0 Å². The minimum Gasteiger partial charge on any atom is -0.394 e. The highest BCUT2D eigenvalue weighted by molar-refractivity contribution is 5.71. The van der Waals surface area contributed by atoms with Gasteiger partial charge in [-0.1, -0.05) is 30.3 Å². The topological polar surface area (TPSA) is 75.9 Å². The molecule has 0 bridgehead atoms. The van der Waals surface area contributed by atoms with Crippen molar-refractivity contribution in [3.63, 3.8) is 0 Å². The number of anilines is 1. The van der Waals surface area contributed by atoms with E-state index in [9.17, 15) is 5.11 Å². The lowest BCUT2D eigenvalue weighted by atomic mass is 10.1. The molecule has 3 rings (SSSR count). The Hall–Kier alpha value is -2.47. The summed E-state index contributed by atoms with van der Waals surface area (Å²) < 4.78 is 2.00. The Morgan fingerprint density at radius 1 is 1.18 bits per heavy atom. The van der Waals surface area contributed by atoms with E-state index in [0.29, 0.717) is 5.95 Å². The number of imidazole rings is 1. The molecule has 2 heterocycles. The fourth-order valence-corrected chi connectivity index (χ4v) is 2.35. The fraction of sp³-hybridized carbons (Fsp3) is 0.312. The summed E-state index contributed by atoms with van der Waals surface area (Å²) in [6.45, 7) is 4.13. The summed E-state index contributed by atoms with van der Waals surface area (Å²) in [5.41, 5.74) is 2.54. The van der Waals surface area contributed by atoms with Gasteiger partial charge in [-0.05, 0) is 19.4 Å². The van der Waals surface area contributed by atoms with Gasteiger partial charge in [-0.15, -0.1) is 0 Å². The number of benzene rings is 1. The van der Waals surface area contributed by atoms with Crippen LogP contribution in [0.4, 0.5) is 5.95 Å². The first-order valence-electron chi connectivity index (χ1n) is 7.31. The van der Waals surface area contributed by atoms with Crippen LogP contribution >= 0.6 is 0 Å². The second-order valence-corrected chi connectivity index (χ2v) is 5.44. The predicted octanol–water partition coefficient (Wildman–Crippen LogP) is 2.55. The lowest BCUT2D eigenvalue weighted by Crippen LogP contribution is -2.16. The molecule has 3 aromatic rings. The molecule has 0 aliphatic heterocycles. The van der Waals surface area contributed by atoms with Crippen molar-refractivity contribution >= 4 is 17.1 Å². The molecule has 1 atom stereocenters. The third-order valence-corrected chi connectivity index (χ3v) is 3.56. The van der Waals surface area contributed by atoms with Crippen LogP contribution in [-0.2, 0) is 0 Å². The van der Waals surface area contributed by atoms with Crippen LogP contribution in [0.3, 0.4) is 0 Å². The Balaban J connectivity index is 1.91. The minimum absolute atomic E-state index is 0.0329. The largest absolute Gasteiger partial charge is 0.394 e. The molecule has 0 unspecified atom stereocenters. The lowest BCUT2D eigenvalue weighted by molar-refractivity contribution is 0.276. The minimum atomic E-state index is -0.242. The van der Waals surface area contributed by atoms with Crippen LogP contribution < -0.4 is 5.32 Å². The Labute approximate surface area is 128 Å². The number of fused-ring (bicyclic) bond motifs is 1. The molecule has 1 aromatic carbocycles. The average molecular weight is 297 g/mol. The van der Waals surface area contributed by atoms with Crippen molar-refractivity contribution in [2.75, 3.05) is 11.9 Å². The van der Waals surface area contributed by atoms with Gasteiger partial charge in [0.05, 0.1) is 25.2 Å². The molecule has 0 fully saturated rings. The molecular formula is C16H19N5O. The van der Waals surface area contributed by atoms with E-state index in [1.807, 2.05) is 34.9 Å². The average Bonchev–Trinajstić information content (AvgIpc) is 2.96. The number of nitrogens with one attached hydrogen (secondary N) is 1. The van der Waals surface area contributed by atoms with Gasteiger partial charge < -0.3 is 15.0 Å². The summed E-state index contributed by atoms with van der Waals surface area (Å²) in [6.07, 6.45) is 3.47. The van der Waals surface area contributed by atoms with Crippen molar-refractivity contribution in [1.82, 2.24) is 19.5 Å². The number of aliphatic hydroxyl groups excluding tert-OH is 1. The Bertz CT molecular complexity index is 754. The second kappa shape index (κ2) is 6.11. The van der Waals surface area contributed by atoms with Crippen LogP contribution in [0.25, 0.3) is 11.2 Å². The fourth-order valence-electron chi connectivity index (χ4n) is 2.35. The molecule has 0 saturated heterocycles. The van der Waals surface area contributed by atoms with Crippen LogP contribution in [0, 0.1) is 0 Å². The summed E-state index contributed by atoms with van der Waals surface area (Å²) in [5.74, 6) is 0.484. The van der Waals surface area contributed by atoms with Gasteiger partial charge in [-0.2, -0.15) is 4.98 Å². The van der Waals surface area contributed by atoms with Gasteiger partial charge in [-0.3, -0.25) is 0 Å². The number of rotatable bonds is 5. The summed E-state index contributed by atoms with van der Waals surface area (Å²) >= 11 is 0. The van der Waals surface area contributed by atoms with Crippen LogP contribution in [-0.4, -0.2) is 31.2 Å². The number of hydrogen-bond donors (Lipinski definition) is 2. The molecule has 6 heteroatoms. The standard InChI is InChI=1S/C16H19N5O/c1-11(2)21-10-18-13-8-17-16(20-15(13)21)19-14(9-22)12-6-4-3-5-7-12/h3-8,10-11,14,22H,9H2,1-2H3,(H,17,19,20)/t14-/m0/s1. The first-order valence-corrected chi connectivity index (χ1v) is 7.31. The molecule has 0 spiro atoms. The number of hydrogen-bond acceptors (Lipinski definition) is 5. The summed E-state index contributed by atoms with van der Waals surface area (Å²) in [5, 5.41) is 12.8. The zero-order chi connectivity index (χ0) is 15.5. The Morgan fingerprint density at radius 3 is 2.64 bits per heavy atom. The molecule has 0 aliphatic rings. The first-order chi connectivity index (χ1) is 10.7. The van der Waals surface area contributed by atoms with E-state index in [4.69, 9.17) is 0 Å². The van der Waals surface area contributed by atoms with E-state index in [2.05, 4.69) is 34.1 Å². The normalized spacial score (nSPS) is 12.7. The third-order valence-electron chi connectivity index (χ3n) is 3.56. The molecular weight excluding hydrogens is 278 g/mol. The van der Waals surface area contributed by atoms with E-state index in [0.717, 1.165) is 16.7 Å². The SMILES string of the molecule is CC(C)n1cnc2cnc(N[C@@H](CO)c3ccccc3)nc21. The van der Waals surface area contributed by atoms with Gasteiger partial charge in [0, 0.05) is 6.04 Å². The maximum Gasteiger partial charge on any atom is 0.225 e. The molecule has 2 N–H and O–H groups in total. The van der Waals surface area contributed by atoms with Crippen LogP contribution in [0.5, 0.6) is 0 Å². The number of aliphatic hydroxyl groups is 1. The highest BCUT2D eigenvalue weighted by Crippen LogP contribution is 2.19. The second-order valence-electron chi connectivity index (χ2n) is 5.44. The highest BCUT2D eigenvalue weighted by Gasteiger charge is 2.13. The Kier molecular flexibility index (Phi) is 4.02. The van der Waals surface area contributed by atoms with Gasteiger partial charge in [-0.25, -0.2) is 9.97 Å². The quantitative estimate of drug-likeness (QED) is 0.757. The van der Waals surface area contributed by atoms with Crippen molar-refractivity contribution in [3.8, 4) is 0 Å². The van der Waals surface area contributed by atoms with E-state index >= 15 is 0 Å². The van der Waals surface area contributed by atoms with E-state index in [1.54, 1.807) is 12.5 Å². The van der Waals surface area contributed by atoms with Crippen LogP contribution in [0.2, 0.25) is 0 Å². The molecule has 0 radical (unpaired) electrons. The van der Waals surface area contributed by atoms with Crippen molar-refractivity contribution < 1.29 is 5.11 Å². The first kappa shape index (κ1) is 14.5. The highest BCUT2D eigenvalue weighted by atomic mass is 16.3. The molecule has 0 aliphatic carbocycles. The lowest BCUT2D eigenvalue weighted by Gasteiger charge is -2.16. The van der Waals surface area contributed by atoms with Crippen LogP contribution in [0.1, 0.15) is 31.5 Å². The molecule has 2 aromatic heterocycles. The van der Waals surface area contributed by atoms with Gasteiger partial charge in [0.1, 0.15) is 5.52 Å². The molecule has 114 valence electrons. The zero-order valence-electron chi connectivity index (χ0n) is 12.6. The van der Waals surface area contributed by atoms with Crippen molar-refractivity contribution in [2.24, 2.45) is 0 Å². The van der Waals surface area contributed by atoms with Gasteiger partial charge in [0.2, 0.25) is 5.95 Å². The Morgan fingerprint density at radius 2 is 1.95 bits per heavy atom. The maximum atomic E-state index is 9.62. The number of aromatic nitrogens is 4. The predicted molar refractivity (Wildman–Crippen MR) is 85.6 cm³/mol. The molecule has 0 amide bonds. The summed E-state index contributed by atoms with van der Waals surface area (Å²) in [7, 11) is 0. The molecule has 6 nitrogen and oxygen atoms in total. The molecule has 22 heavy (non-hydrogen) atoms. The monoisotopic (exact) mass is 297 g/mol. The smallest absolute Gasteiger partial charge is 0.225 e. The maximum absolute atomic E-state index is 9.62. The number of nitrogens with zero attached hydrogens (tertiary/aromatic N) is 4. The van der Waals surface area contributed by atoms with Crippen LogP contribution in [0.15, 0.2) is 42.9 Å². The molecule has 0 saturated carbocycles. The van der Waals surface area contributed by atoms with E-state index in [-0.39, 0.29) is 18.7 Å². The van der Waals surface area contributed by atoms with Gasteiger partial charge in [0.15, 0.2) is 5.65 Å². The van der Waals surface area contributed by atoms with Gasteiger partial charge >= 0.3 is 0 Å².